The summed E-state index contributed by atoms with van der Waals surface area (Å²) < 4.78 is 0. The zero-order valence-electron chi connectivity index (χ0n) is 14.2. The van der Waals surface area contributed by atoms with Crippen LogP contribution >= 0.6 is 11.3 Å². The van der Waals surface area contributed by atoms with E-state index < -0.39 is 0 Å². The summed E-state index contributed by atoms with van der Waals surface area (Å²) in [6, 6.07) is 8.69. The first kappa shape index (κ1) is 16.2. The zero-order valence-corrected chi connectivity index (χ0v) is 15.0. The van der Waals surface area contributed by atoms with E-state index in [1.54, 1.807) is 17.5 Å². The maximum Gasteiger partial charge on any atom is 0.134 e. The Hall–Kier alpha value is -2.31. The van der Waals surface area contributed by atoms with Crippen LogP contribution in [0.4, 0.5) is 11.6 Å². The summed E-state index contributed by atoms with van der Waals surface area (Å²) in [5.74, 6) is 1.71. The normalized spacial score (nSPS) is 17.7. The quantitative estimate of drug-likeness (QED) is 0.742. The molecule has 1 atom stereocenters. The molecule has 0 aliphatic carbocycles. The Kier molecular flexibility index (Phi) is 4.72. The number of nitrogens with one attached hydrogen (secondary N) is 1. The van der Waals surface area contributed by atoms with Crippen molar-refractivity contribution in [1.29, 1.82) is 0 Å². The van der Waals surface area contributed by atoms with Crippen LogP contribution in [0.3, 0.4) is 0 Å². The van der Waals surface area contributed by atoms with Gasteiger partial charge in [-0.05, 0) is 55.6 Å². The molecule has 128 valence electrons. The lowest BCUT2D eigenvalue weighted by Gasteiger charge is -2.24. The van der Waals surface area contributed by atoms with Gasteiger partial charge in [0.15, 0.2) is 0 Å². The number of nitrogens with zero attached hydrogens (tertiary/aromatic N) is 4. The number of hydrogen-bond acceptors (Lipinski definition) is 6. The fourth-order valence-electron chi connectivity index (χ4n) is 3.38. The van der Waals surface area contributed by atoms with Gasteiger partial charge in [0.1, 0.15) is 11.6 Å². The van der Waals surface area contributed by atoms with Crippen molar-refractivity contribution in [2.24, 2.45) is 0 Å². The van der Waals surface area contributed by atoms with Gasteiger partial charge in [-0.1, -0.05) is 6.07 Å². The molecule has 0 unspecified atom stereocenters. The second-order valence-electron chi connectivity index (χ2n) is 6.38. The Morgan fingerprint density at radius 2 is 2.20 bits per heavy atom. The van der Waals surface area contributed by atoms with E-state index in [9.17, 15) is 0 Å². The van der Waals surface area contributed by atoms with Gasteiger partial charge in [0.05, 0.1) is 11.2 Å². The molecular formula is C19H21N5S. The van der Waals surface area contributed by atoms with Crippen LogP contribution in [-0.4, -0.2) is 26.4 Å². The molecule has 1 aliphatic rings. The van der Waals surface area contributed by atoms with Crippen molar-refractivity contribution in [3.8, 4) is 0 Å². The molecule has 0 aromatic carbocycles. The highest BCUT2D eigenvalue weighted by Gasteiger charge is 2.26. The third-order valence-electron chi connectivity index (χ3n) is 4.64. The van der Waals surface area contributed by atoms with E-state index in [1.165, 1.54) is 18.4 Å². The first-order valence-electron chi connectivity index (χ1n) is 8.55. The number of rotatable bonds is 5. The van der Waals surface area contributed by atoms with Gasteiger partial charge in [-0.2, -0.15) is 0 Å². The molecule has 0 spiro atoms. The smallest absolute Gasteiger partial charge is 0.134 e. The van der Waals surface area contributed by atoms with Crippen LogP contribution < -0.4 is 5.32 Å². The highest BCUT2D eigenvalue weighted by Crippen LogP contribution is 2.34. The second-order valence-corrected chi connectivity index (χ2v) is 7.10. The molecule has 1 fully saturated rings. The SMILES string of the molecule is Cc1cccnc1Nc1cc([C@@H]2CCCN2Cc2cscn2)ccn1. The molecule has 6 heteroatoms. The number of hydrogen-bond donors (Lipinski definition) is 1. The summed E-state index contributed by atoms with van der Waals surface area (Å²) in [5, 5.41) is 5.48. The molecule has 0 amide bonds. The van der Waals surface area contributed by atoms with Crippen molar-refractivity contribution in [2.75, 3.05) is 11.9 Å². The Morgan fingerprint density at radius 1 is 1.24 bits per heavy atom. The van der Waals surface area contributed by atoms with Crippen molar-refractivity contribution in [1.82, 2.24) is 19.9 Å². The monoisotopic (exact) mass is 351 g/mol. The standard InChI is InChI=1S/C19H21N5S/c1-14-4-2-7-21-19(14)23-18-10-15(6-8-20-18)17-5-3-9-24(17)11-16-12-25-13-22-16/h2,4,6-8,10,12-13,17H,3,5,9,11H2,1H3,(H,20,21,23)/t17-/m0/s1. The largest absolute Gasteiger partial charge is 0.325 e. The van der Waals surface area contributed by atoms with Gasteiger partial charge in [0, 0.05) is 30.4 Å². The second kappa shape index (κ2) is 7.29. The molecule has 1 N–H and O–H groups in total. The van der Waals surface area contributed by atoms with Crippen molar-refractivity contribution in [3.63, 3.8) is 0 Å². The van der Waals surface area contributed by atoms with Crippen LogP contribution in [0.2, 0.25) is 0 Å². The minimum Gasteiger partial charge on any atom is -0.325 e. The van der Waals surface area contributed by atoms with Gasteiger partial charge >= 0.3 is 0 Å². The number of aromatic nitrogens is 3. The highest BCUT2D eigenvalue weighted by molar-refractivity contribution is 7.07. The Balaban J connectivity index is 1.53. The molecule has 0 saturated carbocycles. The molecule has 3 aromatic rings. The predicted octanol–water partition coefficient (Wildman–Crippen LogP) is 4.32. The van der Waals surface area contributed by atoms with E-state index in [-0.39, 0.29) is 0 Å². The van der Waals surface area contributed by atoms with Gasteiger partial charge in [-0.3, -0.25) is 4.90 Å². The van der Waals surface area contributed by atoms with Crippen LogP contribution in [0.1, 0.15) is 35.7 Å². The summed E-state index contributed by atoms with van der Waals surface area (Å²) in [6.45, 7) is 4.08. The van der Waals surface area contributed by atoms with Crippen molar-refractivity contribution in [2.45, 2.75) is 32.4 Å². The minimum atomic E-state index is 0.426. The molecule has 1 aliphatic heterocycles. The summed E-state index contributed by atoms with van der Waals surface area (Å²) in [7, 11) is 0. The maximum absolute atomic E-state index is 4.47. The van der Waals surface area contributed by atoms with Gasteiger partial charge in [-0.25, -0.2) is 15.0 Å². The van der Waals surface area contributed by atoms with Gasteiger partial charge in [0.25, 0.3) is 0 Å². The lowest BCUT2D eigenvalue weighted by Crippen LogP contribution is -2.23. The first-order chi connectivity index (χ1) is 12.3. The average Bonchev–Trinajstić information content (AvgIpc) is 3.30. The van der Waals surface area contributed by atoms with E-state index in [4.69, 9.17) is 0 Å². The van der Waals surface area contributed by atoms with Gasteiger partial charge in [0.2, 0.25) is 0 Å². The third kappa shape index (κ3) is 3.70. The van der Waals surface area contributed by atoms with Gasteiger partial charge < -0.3 is 5.32 Å². The van der Waals surface area contributed by atoms with Gasteiger partial charge in [-0.15, -0.1) is 11.3 Å². The molecule has 3 aromatic heterocycles. The maximum atomic E-state index is 4.47. The van der Waals surface area contributed by atoms with Crippen LogP contribution in [-0.2, 0) is 6.54 Å². The summed E-state index contributed by atoms with van der Waals surface area (Å²) in [4.78, 5) is 15.8. The Labute approximate surface area is 151 Å². The average molecular weight is 351 g/mol. The van der Waals surface area contributed by atoms with E-state index >= 15 is 0 Å². The predicted molar refractivity (Wildman–Crippen MR) is 101 cm³/mol. The molecule has 5 nitrogen and oxygen atoms in total. The van der Waals surface area contributed by atoms with Crippen LogP contribution in [0, 0.1) is 6.92 Å². The van der Waals surface area contributed by atoms with Crippen LogP contribution in [0.15, 0.2) is 47.5 Å². The molecule has 0 bridgehead atoms. The fraction of sp³-hybridized carbons (Fsp3) is 0.316. The number of aryl methyl sites for hydroxylation is 1. The number of thiazole rings is 1. The van der Waals surface area contributed by atoms with Crippen LogP contribution in [0.5, 0.6) is 0 Å². The molecule has 25 heavy (non-hydrogen) atoms. The molecule has 0 radical (unpaired) electrons. The minimum absolute atomic E-state index is 0.426. The molecular weight excluding hydrogens is 330 g/mol. The third-order valence-corrected chi connectivity index (χ3v) is 5.27. The summed E-state index contributed by atoms with van der Waals surface area (Å²) in [5.41, 5.74) is 5.48. The van der Waals surface area contributed by atoms with Crippen molar-refractivity contribution < 1.29 is 0 Å². The fourth-order valence-corrected chi connectivity index (χ4v) is 3.93. The van der Waals surface area contributed by atoms with E-state index in [1.807, 2.05) is 30.8 Å². The molecule has 1 saturated heterocycles. The summed E-state index contributed by atoms with van der Waals surface area (Å²) in [6.07, 6.45) is 6.08. The Bertz CT molecular complexity index is 833. The lowest BCUT2D eigenvalue weighted by molar-refractivity contribution is 0.246. The van der Waals surface area contributed by atoms with Crippen molar-refractivity contribution >= 4 is 23.0 Å². The highest BCUT2D eigenvalue weighted by atomic mass is 32.1. The van der Waals surface area contributed by atoms with E-state index in [0.717, 1.165) is 36.0 Å². The zero-order chi connectivity index (χ0) is 17.1. The first-order valence-corrected chi connectivity index (χ1v) is 9.49. The Morgan fingerprint density at radius 3 is 3.04 bits per heavy atom. The van der Waals surface area contributed by atoms with Crippen molar-refractivity contribution in [3.05, 3.63) is 64.4 Å². The lowest BCUT2D eigenvalue weighted by atomic mass is 10.1. The number of likely N-dealkylation sites (tertiary alicyclic amines) is 1. The van der Waals surface area contributed by atoms with Crippen LogP contribution in [0.25, 0.3) is 0 Å². The number of pyridine rings is 2. The topological polar surface area (TPSA) is 53.9 Å². The summed E-state index contributed by atoms with van der Waals surface area (Å²) >= 11 is 1.66. The molecule has 4 rings (SSSR count). The van der Waals surface area contributed by atoms with E-state index in [2.05, 4.69) is 42.7 Å². The number of anilines is 2. The van der Waals surface area contributed by atoms with E-state index in [0.29, 0.717) is 6.04 Å². The molecule has 4 heterocycles.